The van der Waals surface area contributed by atoms with Gasteiger partial charge in [-0.3, -0.25) is 5.10 Å². The van der Waals surface area contributed by atoms with Gasteiger partial charge in [0.1, 0.15) is 5.82 Å². The molecule has 3 atom stereocenters. The molecule has 4 aliphatic heterocycles. The third-order valence-electron chi connectivity index (χ3n) is 8.20. The Morgan fingerprint density at radius 3 is 2.55 bits per heavy atom. The topological polar surface area (TPSA) is 153 Å². The molecule has 6 rings (SSSR count). The minimum atomic E-state index is -3.58. The summed E-state index contributed by atoms with van der Waals surface area (Å²) in [5.41, 5.74) is 1.02. The maximum Gasteiger partial charge on any atom is 0.282 e. The molecule has 6 heterocycles. The average Bonchev–Trinajstić information content (AvgIpc) is 3.27. The van der Waals surface area contributed by atoms with Crippen LogP contribution in [0.15, 0.2) is 12.1 Å². The van der Waals surface area contributed by atoms with E-state index < -0.39 is 10.2 Å². The first kappa shape index (κ1) is 25.3. The molecule has 0 radical (unpaired) electrons. The fourth-order valence-electron chi connectivity index (χ4n) is 5.90. The van der Waals surface area contributed by atoms with E-state index in [-0.39, 0.29) is 37.1 Å². The van der Waals surface area contributed by atoms with E-state index in [9.17, 15) is 8.42 Å². The first-order valence-corrected chi connectivity index (χ1v) is 14.5. The van der Waals surface area contributed by atoms with Gasteiger partial charge in [0.15, 0.2) is 5.82 Å². The van der Waals surface area contributed by atoms with Crippen LogP contribution in [0, 0.1) is 17.2 Å². The fourth-order valence-corrected chi connectivity index (χ4v) is 8.04. The van der Waals surface area contributed by atoms with E-state index in [4.69, 9.17) is 19.7 Å². The van der Waals surface area contributed by atoms with Crippen LogP contribution in [-0.2, 0) is 14.9 Å². The van der Waals surface area contributed by atoms with Crippen LogP contribution in [0.5, 0.6) is 5.88 Å². The Labute approximate surface area is 222 Å². The van der Waals surface area contributed by atoms with Gasteiger partial charge < -0.3 is 19.7 Å². The van der Waals surface area contributed by atoms with Crippen LogP contribution in [0.4, 0.5) is 17.6 Å². The number of fused-ring (bicyclic) bond motifs is 2. The highest BCUT2D eigenvalue weighted by Crippen LogP contribution is 2.40. The molecule has 0 unspecified atom stereocenters. The zero-order valence-corrected chi connectivity index (χ0v) is 22.4. The molecule has 38 heavy (non-hydrogen) atoms. The maximum atomic E-state index is 13.4. The van der Waals surface area contributed by atoms with Crippen molar-refractivity contribution in [1.29, 1.82) is 5.26 Å². The molecule has 4 fully saturated rings. The van der Waals surface area contributed by atoms with Crippen molar-refractivity contribution in [2.24, 2.45) is 5.92 Å². The van der Waals surface area contributed by atoms with Crippen LogP contribution >= 0.6 is 0 Å². The molecule has 0 spiro atoms. The van der Waals surface area contributed by atoms with E-state index in [0.717, 1.165) is 25.0 Å². The van der Waals surface area contributed by atoms with Gasteiger partial charge in [-0.2, -0.15) is 37.4 Å². The molecule has 13 nitrogen and oxygen atoms in total. The van der Waals surface area contributed by atoms with Gasteiger partial charge in [0.05, 0.1) is 32.3 Å². The summed E-state index contributed by atoms with van der Waals surface area (Å²) in [5, 5.41) is 19.7. The second kappa shape index (κ2) is 9.96. The summed E-state index contributed by atoms with van der Waals surface area (Å²) in [4.78, 5) is 11.4. The highest BCUT2D eigenvalue weighted by atomic mass is 32.2. The van der Waals surface area contributed by atoms with Crippen molar-refractivity contribution in [3.8, 4) is 11.9 Å². The van der Waals surface area contributed by atoms with Crippen molar-refractivity contribution in [1.82, 2.24) is 28.8 Å². The molecule has 4 saturated heterocycles. The van der Waals surface area contributed by atoms with Gasteiger partial charge >= 0.3 is 0 Å². The highest BCUT2D eigenvalue weighted by molar-refractivity contribution is 7.86. The van der Waals surface area contributed by atoms with Crippen LogP contribution < -0.4 is 15.0 Å². The molecule has 0 saturated carbocycles. The molecule has 2 bridgehead atoms. The fraction of sp³-hybridized carbons (Fsp3) is 0.667. The Bertz CT molecular complexity index is 1300. The van der Waals surface area contributed by atoms with E-state index >= 15 is 0 Å². The van der Waals surface area contributed by atoms with E-state index in [0.29, 0.717) is 55.4 Å². The van der Waals surface area contributed by atoms with Crippen LogP contribution in [0.2, 0.25) is 0 Å². The number of nitriles is 1. The molecular weight excluding hydrogens is 510 g/mol. The molecule has 0 aromatic carbocycles. The van der Waals surface area contributed by atoms with Crippen molar-refractivity contribution in [2.45, 2.75) is 56.1 Å². The number of methoxy groups -OCH3 is 1. The highest BCUT2D eigenvalue weighted by Gasteiger charge is 2.50. The molecule has 204 valence electrons. The number of aromatic amines is 1. The second-order valence-electron chi connectivity index (χ2n) is 10.6. The number of hydrogen-bond donors (Lipinski definition) is 2. The quantitative estimate of drug-likeness (QED) is 0.502. The molecule has 2 aromatic heterocycles. The number of H-pyrrole nitrogens is 1. The monoisotopic (exact) mass is 543 g/mol. The van der Waals surface area contributed by atoms with Gasteiger partial charge in [-0.15, -0.1) is 0 Å². The molecule has 14 heteroatoms. The molecule has 4 aliphatic rings. The number of piperidine rings is 2. The molecule has 0 amide bonds. The van der Waals surface area contributed by atoms with Crippen LogP contribution in [0.25, 0.3) is 0 Å². The number of rotatable bonds is 8. The lowest BCUT2D eigenvalue weighted by Gasteiger charge is -2.51. The number of nitrogens with one attached hydrogen (secondary N) is 2. The first-order chi connectivity index (χ1) is 18.4. The molecule has 2 aromatic rings. The predicted octanol–water partition coefficient (Wildman–Crippen LogP) is 1.59. The van der Waals surface area contributed by atoms with Crippen molar-refractivity contribution in [2.75, 3.05) is 50.7 Å². The van der Waals surface area contributed by atoms with Crippen molar-refractivity contribution >= 4 is 27.8 Å². The van der Waals surface area contributed by atoms with E-state index in [1.54, 1.807) is 17.5 Å². The average molecular weight is 544 g/mol. The lowest BCUT2D eigenvalue weighted by atomic mass is 9.83. The summed E-state index contributed by atoms with van der Waals surface area (Å²) in [6.07, 6.45) is 4.05. The van der Waals surface area contributed by atoms with E-state index in [1.807, 2.05) is 18.0 Å². The zero-order chi connectivity index (χ0) is 26.4. The predicted molar refractivity (Wildman–Crippen MR) is 138 cm³/mol. The minimum Gasteiger partial charge on any atom is -0.481 e. The minimum absolute atomic E-state index is 0.0792. The Morgan fingerprint density at radius 2 is 1.92 bits per heavy atom. The second-order valence-corrected chi connectivity index (χ2v) is 12.5. The largest absolute Gasteiger partial charge is 0.481 e. The summed E-state index contributed by atoms with van der Waals surface area (Å²) < 4.78 is 40.8. The number of hydrogen-bond acceptors (Lipinski definition) is 10. The first-order valence-electron chi connectivity index (χ1n) is 13.1. The van der Waals surface area contributed by atoms with Gasteiger partial charge in [0, 0.05) is 62.0 Å². The standard InChI is InChI=1S/C24H33N9O4S/c1-31(19-6-17-4-3-5-18(7-19)33(17)38(34,35)32-11-15(10-25)12-32)24-27-21(9-23(28-24)36-2)26-22-8-20(29-30-22)16-13-37-14-16/h8-9,15-19H,3-7,11-14H2,1-2H3,(H2,26,27,28,29,30)/t17-,18+,19-. The summed E-state index contributed by atoms with van der Waals surface area (Å²) in [5.74, 6) is 2.28. The smallest absolute Gasteiger partial charge is 0.282 e. The lowest BCUT2D eigenvalue weighted by Crippen LogP contribution is -2.64. The number of ether oxygens (including phenoxy) is 2. The number of aromatic nitrogens is 4. The lowest BCUT2D eigenvalue weighted by molar-refractivity contribution is 0.00670. The van der Waals surface area contributed by atoms with Crippen molar-refractivity contribution in [3.05, 3.63) is 17.8 Å². The SMILES string of the molecule is COc1cc(Nc2cc(C3COC3)[nH]n2)nc(N(C)[C@@H]2C[C@H]3CCC[C@@H](C2)N3S(=O)(=O)N2CC(C#N)C2)n1. The van der Waals surface area contributed by atoms with Gasteiger partial charge in [-0.05, 0) is 25.7 Å². The summed E-state index contributed by atoms with van der Waals surface area (Å²) >= 11 is 0. The maximum absolute atomic E-state index is 13.4. The summed E-state index contributed by atoms with van der Waals surface area (Å²) in [6.45, 7) is 1.96. The van der Waals surface area contributed by atoms with Crippen molar-refractivity contribution in [3.63, 3.8) is 0 Å². The zero-order valence-electron chi connectivity index (χ0n) is 21.6. The number of nitrogens with zero attached hydrogens (tertiary/aromatic N) is 7. The third kappa shape index (κ3) is 4.57. The van der Waals surface area contributed by atoms with Gasteiger partial charge in [-0.25, -0.2) is 0 Å². The normalized spacial score (nSPS) is 26.7. The Balaban J connectivity index is 1.18. The Hall–Kier alpha value is -2.99. The van der Waals surface area contributed by atoms with E-state index in [1.165, 1.54) is 4.31 Å². The summed E-state index contributed by atoms with van der Waals surface area (Å²) in [6, 6.07) is 5.77. The van der Waals surface area contributed by atoms with Gasteiger partial charge in [0.2, 0.25) is 11.8 Å². The van der Waals surface area contributed by atoms with Crippen molar-refractivity contribution < 1.29 is 17.9 Å². The molecular formula is C24H33N9O4S. The number of anilines is 3. The van der Waals surface area contributed by atoms with Gasteiger partial charge in [-0.1, -0.05) is 6.42 Å². The van der Waals surface area contributed by atoms with E-state index in [2.05, 4.69) is 26.6 Å². The summed E-state index contributed by atoms with van der Waals surface area (Å²) in [7, 11) is -0.0507. The van der Waals surface area contributed by atoms with Crippen LogP contribution in [0.1, 0.15) is 43.7 Å². The van der Waals surface area contributed by atoms with Crippen LogP contribution in [-0.4, -0.2) is 95.8 Å². The Kier molecular flexibility index (Phi) is 6.63. The Morgan fingerprint density at radius 1 is 1.18 bits per heavy atom. The third-order valence-corrected chi connectivity index (χ3v) is 10.3. The molecule has 2 N–H and O–H groups in total. The van der Waals surface area contributed by atoms with Crippen LogP contribution in [0.3, 0.4) is 0 Å². The van der Waals surface area contributed by atoms with Gasteiger partial charge in [0.25, 0.3) is 10.2 Å². The molecule has 0 aliphatic carbocycles.